The van der Waals surface area contributed by atoms with Gasteiger partial charge >= 0.3 is 0 Å². The number of rotatable bonds is 3. The maximum absolute atomic E-state index is 12.8. The van der Waals surface area contributed by atoms with Crippen LogP contribution >= 0.6 is 11.6 Å². The lowest BCUT2D eigenvalue weighted by Crippen LogP contribution is -2.08. The van der Waals surface area contributed by atoms with Crippen molar-refractivity contribution in [2.45, 2.75) is 20.8 Å². The van der Waals surface area contributed by atoms with E-state index in [0.29, 0.717) is 21.9 Å². The molecule has 0 radical (unpaired) electrons. The monoisotopic (exact) mass is 288 g/mol. The van der Waals surface area contributed by atoms with Crippen molar-refractivity contribution < 1.29 is 9.53 Å². The van der Waals surface area contributed by atoms with Gasteiger partial charge in [-0.25, -0.2) is 0 Å². The van der Waals surface area contributed by atoms with Crippen LogP contribution in [0.5, 0.6) is 5.75 Å². The number of hydrogen-bond acceptors (Lipinski definition) is 2. The highest BCUT2D eigenvalue weighted by molar-refractivity contribution is 6.30. The van der Waals surface area contributed by atoms with Gasteiger partial charge in [-0.05, 0) is 61.7 Å². The van der Waals surface area contributed by atoms with Gasteiger partial charge in [-0.15, -0.1) is 0 Å². The normalized spacial score (nSPS) is 10.4. The van der Waals surface area contributed by atoms with Crippen molar-refractivity contribution in [2.75, 3.05) is 7.11 Å². The van der Waals surface area contributed by atoms with E-state index in [9.17, 15) is 4.79 Å². The SMILES string of the molecule is COc1cc(C)cc(C)c1C(=O)c1ccc(Cl)cc1C. The summed E-state index contributed by atoms with van der Waals surface area (Å²) in [5.74, 6) is 0.579. The zero-order valence-corrected chi connectivity index (χ0v) is 12.8. The fraction of sp³-hybridized carbons (Fsp3) is 0.235. The maximum atomic E-state index is 12.8. The Bertz CT molecular complexity index is 675. The summed E-state index contributed by atoms with van der Waals surface area (Å²) in [6, 6.07) is 9.16. The van der Waals surface area contributed by atoms with Crippen LogP contribution in [0.3, 0.4) is 0 Å². The first-order valence-electron chi connectivity index (χ1n) is 6.40. The summed E-state index contributed by atoms with van der Waals surface area (Å²) in [4.78, 5) is 12.8. The summed E-state index contributed by atoms with van der Waals surface area (Å²) in [6.45, 7) is 5.79. The number of carbonyl (C=O) groups excluding carboxylic acids is 1. The number of ether oxygens (including phenoxy) is 1. The van der Waals surface area contributed by atoms with Crippen molar-refractivity contribution >= 4 is 17.4 Å². The Morgan fingerprint density at radius 1 is 1.05 bits per heavy atom. The zero-order valence-electron chi connectivity index (χ0n) is 12.1. The van der Waals surface area contributed by atoms with Crippen molar-refractivity contribution in [1.29, 1.82) is 0 Å². The van der Waals surface area contributed by atoms with E-state index < -0.39 is 0 Å². The number of carbonyl (C=O) groups is 1. The molecule has 0 bridgehead atoms. The predicted molar refractivity (Wildman–Crippen MR) is 82.1 cm³/mol. The van der Waals surface area contributed by atoms with Crippen molar-refractivity contribution in [3.63, 3.8) is 0 Å². The van der Waals surface area contributed by atoms with E-state index in [0.717, 1.165) is 16.7 Å². The first-order chi connectivity index (χ1) is 9.43. The summed E-state index contributed by atoms with van der Waals surface area (Å²) in [5, 5.41) is 0.631. The second kappa shape index (κ2) is 5.68. The quantitative estimate of drug-likeness (QED) is 0.777. The number of benzene rings is 2. The van der Waals surface area contributed by atoms with E-state index >= 15 is 0 Å². The maximum Gasteiger partial charge on any atom is 0.197 e. The van der Waals surface area contributed by atoms with Crippen LogP contribution < -0.4 is 4.74 Å². The molecule has 0 fully saturated rings. The minimum absolute atomic E-state index is 0.0338. The molecular weight excluding hydrogens is 272 g/mol. The lowest BCUT2D eigenvalue weighted by Gasteiger charge is -2.13. The van der Waals surface area contributed by atoms with E-state index in [1.807, 2.05) is 32.9 Å². The second-order valence-electron chi connectivity index (χ2n) is 4.95. The Labute approximate surface area is 124 Å². The number of ketones is 1. The van der Waals surface area contributed by atoms with E-state index in [1.165, 1.54) is 0 Å². The third-order valence-electron chi connectivity index (χ3n) is 3.32. The smallest absolute Gasteiger partial charge is 0.197 e. The number of halogens is 1. The molecule has 0 atom stereocenters. The van der Waals surface area contributed by atoms with Gasteiger partial charge in [0.2, 0.25) is 0 Å². The topological polar surface area (TPSA) is 26.3 Å². The summed E-state index contributed by atoms with van der Waals surface area (Å²) in [7, 11) is 1.58. The summed E-state index contributed by atoms with van der Waals surface area (Å²) < 4.78 is 5.37. The first kappa shape index (κ1) is 14.6. The molecule has 0 saturated carbocycles. The number of hydrogen-bond donors (Lipinski definition) is 0. The molecular formula is C17H17ClO2. The minimum atomic E-state index is -0.0338. The molecule has 0 spiro atoms. The fourth-order valence-electron chi connectivity index (χ4n) is 2.40. The minimum Gasteiger partial charge on any atom is -0.496 e. The van der Waals surface area contributed by atoms with Crippen LogP contribution in [0.4, 0.5) is 0 Å². The molecule has 0 aliphatic heterocycles. The first-order valence-corrected chi connectivity index (χ1v) is 6.78. The largest absolute Gasteiger partial charge is 0.496 e. The molecule has 0 amide bonds. The molecule has 20 heavy (non-hydrogen) atoms. The predicted octanol–water partition coefficient (Wildman–Crippen LogP) is 4.50. The number of methoxy groups -OCH3 is 1. The Kier molecular flexibility index (Phi) is 4.15. The molecule has 0 saturated heterocycles. The van der Waals surface area contributed by atoms with Crippen LogP contribution in [-0.2, 0) is 0 Å². The highest BCUT2D eigenvalue weighted by Crippen LogP contribution is 2.28. The second-order valence-corrected chi connectivity index (χ2v) is 5.38. The molecule has 104 valence electrons. The van der Waals surface area contributed by atoms with E-state index in [4.69, 9.17) is 16.3 Å². The van der Waals surface area contributed by atoms with Gasteiger partial charge in [0.05, 0.1) is 12.7 Å². The number of aryl methyl sites for hydroxylation is 3. The Morgan fingerprint density at radius 2 is 1.75 bits per heavy atom. The molecule has 0 unspecified atom stereocenters. The van der Waals surface area contributed by atoms with Gasteiger partial charge in [0.1, 0.15) is 5.75 Å². The highest BCUT2D eigenvalue weighted by Gasteiger charge is 2.19. The van der Waals surface area contributed by atoms with Crippen LogP contribution in [0, 0.1) is 20.8 Å². The average molecular weight is 289 g/mol. The Hall–Kier alpha value is -1.80. The van der Waals surface area contributed by atoms with Crippen molar-refractivity contribution in [1.82, 2.24) is 0 Å². The Morgan fingerprint density at radius 3 is 2.35 bits per heavy atom. The molecule has 0 aromatic heterocycles. The summed E-state index contributed by atoms with van der Waals surface area (Å²) >= 11 is 5.94. The fourth-order valence-corrected chi connectivity index (χ4v) is 2.62. The van der Waals surface area contributed by atoms with Crippen molar-refractivity contribution in [3.8, 4) is 5.75 Å². The Balaban J connectivity index is 2.59. The molecule has 2 aromatic rings. The lowest BCUT2D eigenvalue weighted by atomic mass is 9.94. The van der Waals surface area contributed by atoms with Crippen LogP contribution in [-0.4, -0.2) is 12.9 Å². The van der Waals surface area contributed by atoms with E-state index in [2.05, 4.69) is 0 Å². The van der Waals surface area contributed by atoms with Gasteiger partial charge < -0.3 is 4.74 Å². The molecule has 2 nitrogen and oxygen atoms in total. The van der Waals surface area contributed by atoms with Crippen molar-refractivity contribution in [2.24, 2.45) is 0 Å². The van der Waals surface area contributed by atoms with Gasteiger partial charge in [0, 0.05) is 10.6 Å². The van der Waals surface area contributed by atoms with E-state index in [-0.39, 0.29) is 5.78 Å². The summed E-state index contributed by atoms with van der Waals surface area (Å²) in [5.41, 5.74) is 4.12. The summed E-state index contributed by atoms with van der Waals surface area (Å²) in [6.07, 6.45) is 0. The highest BCUT2D eigenvalue weighted by atomic mass is 35.5. The van der Waals surface area contributed by atoms with Gasteiger partial charge in [0.25, 0.3) is 0 Å². The van der Waals surface area contributed by atoms with Crippen LogP contribution in [0.25, 0.3) is 0 Å². The van der Waals surface area contributed by atoms with Gasteiger partial charge in [-0.1, -0.05) is 17.7 Å². The van der Waals surface area contributed by atoms with Gasteiger partial charge in [-0.3, -0.25) is 4.79 Å². The standard InChI is InChI=1S/C17H17ClO2/c1-10-7-12(3)16(15(8-10)20-4)17(19)14-6-5-13(18)9-11(14)2/h5-9H,1-4H3. The molecule has 0 N–H and O–H groups in total. The van der Waals surface area contributed by atoms with Crippen molar-refractivity contribution in [3.05, 3.63) is 63.2 Å². The average Bonchev–Trinajstić information content (AvgIpc) is 2.37. The lowest BCUT2D eigenvalue weighted by molar-refractivity contribution is 0.103. The van der Waals surface area contributed by atoms with Crippen LogP contribution in [0.2, 0.25) is 5.02 Å². The van der Waals surface area contributed by atoms with Gasteiger partial charge in [-0.2, -0.15) is 0 Å². The molecule has 3 heteroatoms. The third kappa shape index (κ3) is 2.70. The molecule has 2 rings (SSSR count). The molecule has 0 heterocycles. The van der Waals surface area contributed by atoms with Gasteiger partial charge in [0.15, 0.2) is 5.78 Å². The van der Waals surface area contributed by atoms with E-state index in [1.54, 1.807) is 25.3 Å². The van der Waals surface area contributed by atoms with Crippen LogP contribution in [0.15, 0.2) is 30.3 Å². The zero-order chi connectivity index (χ0) is 14.9. The third-order valence-corrected chi connectivity index (χ3v) is 3.56. The molecule has 0 aliphatic rings. The molecule has 2 aromatic carbocycles. The molecule has 0 aliphatic carbocycles. The van der Waals surface area contributed by atoms with Crippen LogP contribution in [0.1, 0.15) is 32.6 Å².